The van der Waals surface area contributed by atoms with Crippen molar-refractivity contribution in [1.82, 2.24) is 0 Å². The van der Waals surface area contributed by atoms with Crippen LogP contribution >= 0.6 is 0 Å². The second-order valence-corrected chi connectivity index (χ2v) is 4.83. The van der Waals surface area contributed by atoms with E-state index in [1.54, 1.807) is 12.1 Å². The Morgan fingerprint density at radius 1 is 1.35 bits per heavy atom. The number of hydrogen-bond acceptors (Lipinski definition) is 3. The molecule has 0 saturated heterocycles. The van der Waals surface area contributed by atoms with Gasteiger partial charge in [0.15, 0.2) is 0 Å². The van der Waals surface area contributed by atoms with Gasteiger partial charge in [0.25, 0.3) is 12.5 Å². The van der Waals surface area contributed by atoms with Gasteiger partial charge in [-0.15, -0.1) is 0 Å². The molecule has 0 atom stereocenters. The lowest BCUT2D eigenvalue weighted by molar-refractivity contribution is -0.467. The second-order valence-electron chi connectivity index (χ2n) is 4.83. The Bertz CT molecular complexity index is 436. The van der Waals surface area contributed by atoms with Crippen molar-refractivity contribution in [1.29, 1.82) is 0 Å². The van der Waals surface area contributed by atoms with E-state index in [2.05, 4.69) is 5.32 Å². The first-order chi connectivity index (χ1) is 7.80. The van der Waals surface area contributed by atoms with E-state index in [4.69, 9.17) is 0 Å². The number of benzene rings is 1. The van der Waals surface area contributed by atoms with Crippen LogP contribution in [0.5, 0.6) is 0 Å². The zero-order valence-electron chi connectivity index (χ0n) is 10.2. The molecule has 0 fully saturated rings. The molecule has 1 N–H and O–H groups in total. The van der Waals surface area contributed by atoms with Crippen LogP contribution in [0.1, 0.15) is 26.3 Å². The van der Waals surface area contributed by atoms with Crippen LogP contribution < -0.4 is 5.32 Å². The highest BCUT2D eigenvalue weighted by Crippen LogP contribution is 2.29. The molecule has 0 saturated carbocycles. The van der Waals surface area contributed by atoms with Gasteiger partial charge in [-0.25, -0.2) is 0 Å². The molecule has 0 aliphatic rings. The number of carbonyl (C=O) groups is 1. The maximum Gasteiger partial charge on any atom is 0.296 e. The third kappa shape index (κ3) is 3.86. The minimum absolute atomic E-state index is 0.126. The maximum absolute atomic E-state index is 11.3. The molecule has 0 aromatic heterocycles. The Kier molecular flexibility index (Phi) is 3.83. The Balaban J connectivity index is 2.92. The normalized spacial score (nSPS) is 11.0. The summed E-state index contributed by atoms with van der Waals surface area (Å²) in [5.41, 5.74) is 1.46. The third-order valence-corrected chi connectivity index (χ3v) is 2.28. The van der Waals surface area contributed by atoms with E-state index in [-0.39, 0.29) is 5.41 Å². The molecule has 0 unspecified atom stereocenters. The molecule has 1 rings (SSSR count). The summed E-state index contributed by atoms with van der Waals surface area (Å²) in [4.78, 5) is 20.9. The molecule has 0 spiro atoms. The highest BCUT2D eigenvalue weighted by molar-refractivity contribution is 5.92. The van der Waals surface area contributed by atoms with Crippen LogP contribution in [-0.4, -0.2) is 17.4 Å². The molecule has 1 aromatic rings. The van der Waals surface area contributed by atoms with Gasteiger partial charge in [0.05, 0.1) is 0 Å². The molecular weight excluding hydrogens is 220 g/mol. The van der Waals surface area contributed by atoms with E-state index in [0.29, 0.717) is 5.69 Å². The fourth-order valence-corrected chi connectivity index (χ4v) is 1.55. The van der Waals surface area contributed by atoms with Crippen molar-refractivity contribution < 1.29 is 9.72 Å². The monoisotopic (exact) mass is 236 g/mol. The summed E-state index contributed by atoms with van der Waals surface area (Å²) in [5.74, 6) is -0.605. The summed E-state index contributed by atoms with van der Waals surface area (Å²) in [5, 5.41) is 12.8. The summed E-state index contributed by atoms with van der Waals surface area (Å²) in [6.45, 7) is 5.35. The van der Waals surface area contributed by atoms with E-state index < -0.39 is 17.4 Å². The van der Waals surface area contributed by atoms with Crippen molar-refractivity contribution >= 4 is 11.6 Å². The van der Waals surface area contributed by atoms with Crippen molar-refractivity contribution in [3.63, 3.8) is 0 Å². The first kappa shape index (κ1) is 13.2. The van der Waals surface area contributed by atoms with Crippen molar-refractivity contribution in [2.24, 2.45) is 0 Å². The topological polar surface area (TPSA) is 72.2 Å². The molecule has 0 heterocycles. The fourth-order valence-electron chi connectivity index (χ4n) is 1.55. The van der Waals surface area contributed by atoms with Crippen LogP contribution in [-0.2, 0) is 10.2 Å². The summed E-state index contributed by atoms with van der Waals surface area (Å²) in [6.07, 6.45) is 0. The molecule has 0 bridgehead atoms. The number of nitrogens with one attached hydrogen (secondary N) is 1. The first-order valence-corrected chi connectivity index (χ1v) is 5.32. The van der Waals surface area contributed by atoms with Gasteiger partial charge >= 0.3 is 0 Å². The summed E-state index contributed by atoms with van der Waals surface area (Å²) < 4.78 is 0. The Hall–Kier alpha value is -1.91. The number of nitro groups is 1. The van der Waals surface area contributed by atoms with Crippen LogP contribution in [0.25, 0.3) is 0 Å². The number of carbonyl (C=O) groups excluding carboxylic acids is 1. The molecule has 5 heteroatoms. The highest BCUT2D eigenvalue weighted by Gasteiger charge is 2.19. The quantitative estimate of drug-likeness (QED) is 0.646. The maximum atomic E-state index is 11.3. The van der Waals surface area contributed by atoms with Crippen molar-refractivity contribution in [3.8, 4) is 0 Å². The smallest absolute Gasteiger partial charge is 0.296 e. The molecule has 5 nitrogen and oxygen atoms in total. The van der Waals surface area contributed by atoms with E-state index in [1.807, 2.05) is 32.9 Å². The zero-order chi connectivity index (χ0) is 13.1. The van der Waals surface area contributed by atoms with Crippen molar-refractivity contribution in [3.05, 3.63) is 39.9 Å². The molecule has 0 radical (unpaired) electrons. The SMILES string of the molecule is CC(C)(C)c1ccccc1NC(=O)C[N+](=O)[O-]. The lowest BCUT2D eigenvalue weighted by atomic mass is 9.86. The molecule has 17 heavy (non-hydrogen) atoms. The molecule has 1 aromatic carbocycles. The van der Waals surface area contributed by atoms with Gasteiger partial charge in [0.2, 0.25) is 0 Å². The zero-order valence-corrected chi connectivity index (χ0v) is 10.2. The van der Waals surface area contributed by atoms with Gasteiger partial charge in [-0.2, -0.15) is 0 Å². The molecule has 92 valence electrons. The molecule has 0 aliphatic carbocycles. The van der Waals surface area contributed by atoms with Crippen LogP contribution in [0.2, 0.25) is 0 Å². The van der Waals surface area contributed by atoms with Crippen LogP contribution in [0.4, 0.5) is 5.69 Å². The number of para-hydroxylation sites is 1. The highest BCUT2D eigenvalue weighted by atomic mass is 16.6. The molecule has 0 aliphatic heterocycles. The van der Waals surface area contributed by atoms with Crippen molar-refractivity contribution in [2.45, 2.75) is 26.2 Å². The van der Waals surface area contributed by atoms with Gasteiger partial charge in [-0.3, -0.25) is 14.9 Å². The van der Waals surface area contributed by atoms with Crippen LogP contribution in [0, 0.1) is 10.1 Å². The van der Waals surface area contributed by atoms with Gasteiger partial charge in [0, 0.05) is 10.6 Å². The minimum atomic E-state index is -0.710. The Morgan fingerprint density at radius 3 is 2.47 bits per heavy atom. The fraction of sp³-hybridized carbons (Fsp3) is 0.417. The van der Waals surface area contributed by atoms with E-state index in [9.17, 15) is 14.9 Å². The van der Waals surface area contributed by atoms with Crippen LogP contribution in [0.3, 0.4) is 0 Å². The predicted octanol–water partition coefficient (Wildman–Crippen LogP) is 2.20. The van der Waals surface area contributed by atoms with Gasteiger partial charge < -0.3 is 5.32 Å². The lowest BCUT2D eigenvalue weighted by Crippen LogP contribution is -2.24. The average molecular weight is 236 g/mol. The van der Waals surface area contributed by atoms with Gasteiger partial charge in [-0.05, 0) is 17.0 Å². The lowest BCUT2D eigenvalue weighted by Gasteiger charge is -2.22. The third-order valence-electron chi connectivity index (χ3n) is 2.28. The van der Waals surface area contributed by atoms with Gasteiger partial charge in [0.1, 0.15) is 0 Å². The van der Waals surface area contributed by atoms with Crippen molar-refractivity contribution in [2.75, 3.05) is 11.9 Å². The first-order valence-electron chi connectivity index (χ1n) is 5.32. The van der Waals surface area contributed by atoms with E-state index >= 15 is 0 Å². The standard InChI is InChI=1S/C12H16N2O3/c1-12(2,3)9-6-4-5-7-10(9)13-11(15)8-14(16)17/h4-7H,8H2,1-3H3,(H,13,15). The largest absolute Gasteiger partial charge is 0.320 e. The number of nitrogens with zero attached hydrogens (tertiary/aromatic N) is 1. The van der Waals surface area contributed by atoms with Gasteiger partial charge in [-0.1, -0.05) is 39.0 Å². The summed E-state index contributed by atoms with van der Waals surface area (Å²) >= 11 is 0. The number of hydrogen-bond donors (Lipinski definition) is 1. The molecule has 1 amide bonds. The van der Waals surface area contributed by atoms with E-state index in [1.165, 1.54) is 0 Å². The Morgan fingerprint density at radius 2 is 1.94 bits per heavy atom. The summed E-state index contributed by atoms with van der Waals surface area (Å²) in [7, 11) is 0. The number of amides is 1. The minimum Gasteiger partial charge on any atom is -0.320 e. The number of anilines is 1. The molecular formula is C12H16N2O3. The second kappa shape index (κ2) is 4.95. The number of rotatable bonds is 3. The summed E-state index contributed by atoms with van der Waals surface area (Å²) in [6, 6.07) is 7.32. The average Bonchev–Trinajstić information content (AvgIpc) is 2.15. The predicted molar refractivity (Wildman–Crippen MR) is 65.6 cm³/mol. The van der Waals surface area contributed by atoms with Crippen LogP contribution in [0.15, 0.2) is 24.3 Å². The van der Waals surface area contributed by atoms with E-state index in [0.717, 1.165) is 5.56 Å². The Labute approximate surface area is 100.0 Å².